The molecule has 13 heavy (non-hydrogen) atoms. The first-order valence-electron chi connectivity index (χ1n) is 5.34. The normalized spacial score (nSPS) is 27.1. The second kappa shape index (κ2) is 3.79. The second-order valence-electron chi connectivity index (χ2n) is 4.44. The van der Waals surface area contributed by atoms with Gasteiger partial charge in [0.2, 0.25) is 0 Å². The molecule has 0 radical (unpaired) electrons. The van der Waals surface area contributed by atoms with Crippen molar-refractivity contribution in [3.8, 4) is 0 Å². The molecule has 1 fully saturated rings. The Balaban J connectivity index is 1.81. The molecular weight excluding hydrogens is 165 g/mol. The Bertz CT molecular complexity index is 208. The lowest BCUT2D eigenvalue weighted by molar-refractivity contribution is 0.191. The molecule has 0 aromatic carbocycles. The van der Waals surface area contributed by atoms with Crippen LogP contribution in [0.2, 0.25) is 0 Å². The minimum Gasteiger partial charge on any atom is -0.294 e. The summed E-state index contributed by atoms with van der Waals surface area (Å²) in [6.07, 6.45) is 6.68. The van der Waals surface area contributed by atoms with Gasteiger partial charge in [-0.15, -0.1) is 0 Å². The van der Waals surface area contributed by atoms with E-state index >= 15 is 0 Å². The minimum atomic E-state index is 0.0638. The van der Waals surface area contributed by atoms with Crippen LogP contribution in [0.15, 0.2) is 11.9 Å². The molecule has 0 aromatic heterocycles. The predicted molar refractivity (Wildman–Crippen MR) is 52.2 cm³/mol. The molecule has 0 aromatic rings. The Morgan fingerprint density at radius 3 is 3.00 bits per heavy atom. The summed E-state index contributed by atoms with van der Waals surface area (Å²) in [6, 6.07) is 0.576. The van der Waals surface area contributed by atoms with E-state index in [0.717, 1.165) is 18.9 Å². The number of halogens is 1. The lowest BCUT2D eigenvalue weighted by atomic mass is 10.1. The third-order valence-corrected chi connectivity index (χ3v) is 3.13. The lowest BCUT2D eigenvalue weighted by Crippen LogP contribution is -2.37. The van der Waals surface area contributed by atoms with Crippen LogP contribution in [-0.2, 0) is 0 Å². The van der Waals surface area contributed by atoms with Crippen LogP contribution in [0.5, 0.6) is 0 Å². The standard InChI is InChI=1S/C11H18FN/c1-9(7-10-4-5-10)13-6-2-3-11(12)8-13/h3,9-10H,2,4-8H2,1H3. The number of rotatable bonds is 3. The largest absolute Gasteiger partial charge is 0.294 e. The monoisotopic (exact) mass is 183 g/mol. The molecule has 2 rings (SSSR count). The Kier molecular flexibility index (Phi) is 2.68. The maximum atomic E-state index is 13.0. The first kappa shape index (κ1) is 9.20. The van der Waals surface area contributed by atoms with Crippen molar-refractivity contribution in [3.63, 3.8) is 0 Å². The van der Waals surface area contributed by atoms with Crippen LogP contribution in [0.3, 0.4) is 0 Å². The van der Waals surface area contributed by atoms with Gasteiger partial charge in [-0.05, 0) is 25.7 Å². The Hall–Kier alpha value is -0.370. The molecule has 1 atom stereocenters. The quantitative estimate of drug-likeness (QED) is 0.650. The zero-order valence-corrected chi connectivity index (χ0v) is 8.30. The molecule has 1 heterocycles. The summed E-state index contributed by atoms with van der Waals surface area (Å²) in [5.41, 5.74) is 0. The van der Waals surface area contributed by atoms with Gasteiger partial charge in [0.05, 0.1) is 6.54 Å². The fraction of sp³-hybridized carbons (Fsp3) is 0.818. The Morgan fingerprint density at radius 2 is 2.38 bits per heavy atom. The SMILES string of the molecule is CC(CC1CC1)N1CCC=C(F)C1. The third kappa shape index (κ3) is 2.53. The highest BCUT2D eigenvalue weighted by molar-refractivity contribution is 5.00. The van der Waals surface area contributed by atoms with Gasteiger partial charge in [-0.2, -0.15) is 0 Å². The van der Waals surface area contributed by atoms with E-state index in [1.807, 2.05) is 0 Å². The van der Waals surface area contributed by atoms with Gasteiger partial charge >= 0.3 is 0 Å². The Labute approximate surface area is 79.6 Å². The van der Waals surface area contributed by atoms with E-state index < -0.39 is 0 Å². The van der Waals surface area contributed by atoms with Crippen molar-refractivity contribution in [2.45, 2.75) is 38.6 Å². The number of nitrogens with zero attached hydrogens (tertiary/aromatic N) is 1. The molecule has 0 N–H and O–H groups in total. The molecule has 1 saturated carbocycles. The summed E-state index contributed by atoms with van der Waals surface area (Å²) in [6.45, 7) is 3.83. The van der Waals surface area contributed by atoms with Gasteiger partial charge < -0.3 is 0 Å². The zero-order chi connectivity index (χ0) is 9.26. The van der Waals surface area contributed by atoms with E-state index in [9.17, 15) is 4.39 Å². The van der Waals surface area contributed by atoms with Crippen molar-refractivity contribution in [2.24, 2.45) is 5.92 Å². The topological polar surface area (TPSA) is 3.24 Å². The molecule has 0 spiro atoms. The average Bonchev–Trinajstić information content (AvgIpc) is 2.88. The lowest BCUT2D eigenvalue weighted by Gasteiger charge is -2.30. The van der Waals surface area contributed by atoms with Gasteiger partial charge in [-0.3, -0.25) is 4.90 Å². The summed E-state index contributed by atoms with van der Waals surface area (Å²) >= 11 is 0. The van der Waals surface area contributed by atoms with Gasteiger partial charge in [-0.25, -0.2) is 4.39 Å². The molecule has 1 nitrogen and oxygen atoms in total. The summed E-state index contributed by atoms with van der Waals surface area (Å²) < 4.78 is 13.0. The molecule has 2 aliphatic rings. The third-order valence-electron chi connectivity index (χ3n) is 3.13. The van der Waals surface area contributed by atoms with Crippen LogP contribution in [-0.4, -0.2) is 24.0 Å². The molecule has 74 valence electrons. The summed E-state index contributed by atoms with van der Waals surface area (Å²) in [5.74, 6) is 1.01. The summed E-state index contributed by atoms with van der Waals surface area (Å²) in [7, 11) is 0. The predicted octanol–water partition coefficient (Wildman–Crippen LogP) is 2.73. The van der Waals surface area contributed by atoms with Crippen LogP contribution >= 0.6 is 0 Å². The molecule has 1 aliphatic carbocycles. The highest BCUT2D eigenvalue weighted by atomic mass is 19.1. The summed E-state index contributed by atoms with van der Waals surface area (Å²) in [5, 5.41) is 0. The van der Waals surface area contributed by atoms with Gasteiger partial charge in [-0.1, -0.05) is 18.9 Å². The van der Waals surface area contributed by atoms with Crippen LogP contribution in [0, 0.1) is 5.92 Å². The van der Waals surface area contributed by atoms with E-state index in [-0.39, 0.29) is 5.83 Å². The second-order valence-corrected chi connectivity index (χ2v) is 4.44. The van der Waals surface area contributed by atoms with Crippen molar-refractivity contribution in [1.82, 2.24) is 4.90 Å². The van der Waals surface area contributed by atoms with Gasteiger partial charge in [0.15, 0.2) is 0 Å². The van der Waals surface area contributed by atoms with Crippen molar-refractivity contribution in [1.29, 1.82) is 0 Å². The van der Waals surface area contributed by atoms with Gasteiger partial charge in [0.25, 0.3) is 0 Å². The highest BCUT2D eigenvalue weighted by Crippen LogP contribution is 2.35. The first-order chi connectivity index (χ1) is 6.25. The van der Waals surface area contributed by atoms with Crippen LogP contribution < -0.4 is 0 Å². The zero-order valence-electron chi connectivity index (χ0n) is 8.30. The van der Waals surface area contributed by atoms with Crippen LogP contribution in [0.1, 0.15) is 32.6 Å². The fourth-order valence-electron chi connectivity index (χ4n) is 2.09. The Morgan fingerprint density at radius 1 is 1.62 bits per heavy atom. The molecule has 0 bridgehead atoms. The van der Waals surface area contributed by atoms with Crippen molar-refractivity contribution in [2.75, 3.05) is 13.1 Å². The minimum absolute atomic E-state index is 0.0638. The molecule has 1 unspecified atom stereocenters. The number of hydrogen-bond donors (Lipinski definition) is 0. The maximum Gasteiger partial charge on any atom is 0.110 e. The van der Waals surface area contributed by atoms with Crippen molar-refractivity contribution >= 4 is 0 Å². The number of hydrogen-bond acceptors (Lipinski definition) is 1. The smallest absolute Gasteiger partial charge is 0.110 e. The molecule has 1 aliphatic heterocycles. The van der Waals surface area contributed by atoms with Gasteiger partial charge in [0.1, 0.15) is 5.83 Å². The summed E-state index contributed by atoms with van der Waals surface area (Å²) in [4.78, 5) is 2.27. The molecule has 0 saturated heterocycles. The van der Waals surface area contributed by atoms with Crippen LogP contribution in [0.4, 0.5) is 4.39 Å². The van der Waals surface area contributed by atoms with Crippen molar-refractivity contribution in [3.05, 3.63) is 11.9 Å². The average molecular weight is 183 g/mol. The van der Waals surface area contributed by atoms with E-state index in [1.165, 1.54) is 19.3 Å². The van der Waals surface area contributed by atoms with Crippen molar-refractivity contribution < 1.29 is 4.39 Å². The maximum absolute atomic E-state index is 13.0. The van der Waals surface area contributed by atoms with E-state index in [4.69, 9.17) is 0 Å². The highest BCUT2D eigenvalue weighted by Gasteiger charge is 2.27. The molecular formula is C11H18FN. The molecule has 2 heteroatoms. The van der Waals surface area contributed by atoms with Crippen LogP contribution in [0.25, 0.3) is 0 Å². The van der Waals surface area contributed by atoms with E-state index in [0.29, 0.717) is 12.6 Å². The molecule has 0 amide bonds. The van der Waals surface area contributed by atoms with Gasteiger partial charge in [0, 0.05) is 12.6 Å². The fourth-order valence-corrected chi connectivity index (χ4v) is 2.09. The first-order valence-corrected chi connectivity index (χ1v) is 5.34. The van der Waals surface area contributed by atoms with E-state index in [1.54, 1.807) is 6.08 Å². The van der Waals surface area contributed by atoms with E-state index in [2.05, 4.69) is 11.8 Å².